The lowest BCUT2D eigenvalue weighted by Crippen LogP contribution is -2.07. The molecule has 2 aromatic heterocycles. The molecule has 0 saturated carbocycles. The lowest BCUT2D eigenvalue weighted by Gasteiger charge is -2.11. The molecule has 0 amide bonds. The van der Waals surface area contributed by atoms with Gasteiger partial charge in [0.15, 0.2) is 0 Å². The molecule has 8 heteroatoms. The molecule has 0 aliphatic heterocycles. The third-order valence-corrected chi connectivity index (χ3v) is 6.08. The van der Waals surface area contributed by atoms with Crippen LogP contribution in [0.4, 0.5) is 5.69 Å². The Kier molecular flexibility index (Phi) is 5.50. The summed E-state index contributed by atoms with van der Waals surface area (Å²) >= 11 is 1.49. The van der Waals surface area contributed by atoms with Crippen molar-refractivity contribution in [2.75, 3.05) is 0 Å². The molecule has 0 fully saturated rings. The van der Waals surface area contributed by atoms with E-state index in [9.17, 15) is 10.1 Å². The van der Waals surface area contributed by atoms with Crippen molar-refractivity contribution in [1.82, 2.24) is 19.6 Å². The van der Waals surface area contributed by atoms with Crippen LogP contribution in [0.1, 0.15) is 33.6 Å². The van der Waals surface area contributed by atoms with Crippen molar-refractivity contribution >= 4 is 23.2 Å². The minimum atomic E-state index is -0.397. The van der Waals surface area contributed by atoms with Crippen LogP contribution in [-0.2, 0) is 12.2 Å². The number of aryl methyl sites for hydroxylation is 3. The van der Waals surface area contributed by atoms with Gasteiger partial charge in [0, 0.05) is 35.7 Å². The SMILES string of the molecule is Cc1ccccc1Cc1c(C)nc2nc(SCc3ccc([N+](=O)[O-])cc3)nn2c1C. The molecule has 0 aliphatic rings. The second kappa shape index (κ2) is 8.23. The molecule has 4 aromatic rings. The predicted octanol–water partition coefficient (Wildman–Crippen LogP) is 4.84. The quantitative estimate of drug-likeness (QED) is 0.252. The van der Waals surface area contributed by atoms with Crippen LogP contribution >= 0.6 is 11.8 Å². The molecular formula is C22H21N5O2S. The fourth-order valence-electron chi connectivity index (χ4n) is 3.37. The van der Waals surface area contributed by atoms with Crippen LogP contribution in [0.3, 0.4) is 0 Å². The summed E-state index contributed by atoms with van der Waals surface area (Å²) in [5.41, 5.74) is 6.76. The topological polar surface area (TPSA) is 86.2 Å². The van der Waals surface area contributed by atoms with Gasteiger partial charge in [-0.1, -0.05) is 48.2 Å². The van der Waals surface area contributed by atoms with Gasteiger partial charge in [-0.3, -0.25) is 10.1 Å². The van der Waals surface area contributed by atoms with Crippen LogP contribution in [0.25, 0.3) is 5.78 Å². The highest BCUT2D eigenvalue weighted by molar-refractivity contribution is 7.98. The van der Waals surface area contributed by atoms with Crippen molar-refractivity contribution < 1.29 is 4.92 Å². The Bertz CT molecular complexity index is 1230. The normalized spacial score (nSPS) is 11.2. The highest BCUT2D eigenvalue weighted by Crippen LogP contribution is 2.24. The van der Waals surface area contributed by atoms with E-state index in [1.807, 2.05) is 13.0 Å². The second-order valence-electron chi connectivity index (χ2n) is 7.18. The lowest BCUT2D eigenvalue weighted by atomic mass is 9.99. The van der Waals surface area contributed by atoms with Crippen LogP contribution in [0, 0.1) is 30.9 Å². The van der Waals surface area contributed by atoms with E-state index in [4.69, 9.17) is 0 Å². The highest BCUT2D eigenvalue weighted by atomic mass is 32.2. The van der Waals surface area contributed by atoms with Crippen molar-refractivity contribution in [1.29, 1.82) is 0 Å². The van der Waals surface area contributed by atoms with Gasteiger partial charge in [0.2, 0.25) is 5.16 Å². The molecule has 4 rings (SSSR count). The first-order valence-corrected chi connectivity index (χ1v) is 10.5. The fourth-order valence-corrected chi connectivity index (χ4v) is 4.14. The van der Waals surface area contributed by atoms with Crippen molar-refractivity contribution in [3.05, 3.63) is 92.3 Å². The first-order valence-electron chi connectivity index (χ1n) is 9.56. The number of nitrogens with zero attached hydrogens (tertiary/aromatic N) is 5. The van der Waals surface area contributed by atoms with E-state index < -0.39 is 4.92 Å². The first-order chi connectivity index (χ1) is 14.4. The van der Waals surface area contributed by atoms with Crippen LogP contribution in [-0.4, -0.2) is 24.5 Å². The number of fused-ring (bicyclic) bond motifs is 1. The summed E-state index contributed by atoms with van der Waals surface area (Å²) in [5, 5.41) is 16.1. The Hall–Kier alpha value is -3.26. The smallest absolute Gasteiger partial charge is 0.258 e. The number of nitro groups is 1. The summed E-state index contributed by atoms with van der Waals surface area (Å²) in [6.07, 6.45) is 0.804. The largest absolute Gasteiger partial charge is 0.269 e. The van der Waals surface area contributed by atoms with Crippen molar-refractivity contribution in [2.24, 2.45) is 0 Å². The van der Waals surface area contributed by atoms with E-state index in [0.717, 1.165) is 28.9 Å². The zero-order chi connectivity index (χ0) is 21.3. The van der Waals surface area contributed by atoms with E-state index in [-0.39, 0.29) is 5.69 Å². The molecule has 0 unspecified atom stereocenters. The lowest BCUT2D eigenvalue weighted by molar-refractivity contribution is -0.384. The Morgan fingerprint density at radius 2 is 1.77 bits per heavy atom. The summed E-state index contributed by atoms with van der Waals surface area (Å²) in [7, 11) is 0. The van der Waals surface area contributed by atoms with Gasteiger partial charge in [-0.25, -0.2) is 9.50 Å². The Labute approximate surface area is 178 Å². The summed E-state index contributed by atoms with van der Waals surface area (Å²) in [4.78, 5) is 19.6. The van der Waals surface area contributed by atoms with Gasteiger partial charge in [-0.15, -0.1) is 5.10 Å². The van der Waals surface area contributed by atoms with Gasteiger partial charge >= 0.3 is 0 Å². The van der Waals surface area contributed by atoms with Gasteiger partial charge in [-0.2, -0.15) is 4.98 Å². The van der Waals surface area contributed by atoms with Crippen LogP contribution in [0.5, 0.6) is 0 Å². The molecule has 2 aromatic carbocycles. The molecule has 7 nitrogen and oxygen atoms in total. The minimum Gasteiger partial charge on any atom is -0.258 e. The van der Waals surface area contributed by atoms with Crippen LogP contribution in [0.2, 0.25) is 0 Å². The first kappa shape index (κ1) is 20.0. The molecule has 0 saturated heterocycles. The molecule has 0 bridgehead atoms. The van der Waals surface area contributed by atoms with Crippen molar-refractivity contribution in [3.63, 3.8) is 0 Å². The summed E-state index contributed by atoms with van der Waals surface area (Å²) < 4.78 is 1.80. The highest BCUT2D eigenvalue weighted by Gasteiger charge is 2.15. The Morgan fingerprint density at radius 1 is 1.03 bits per heavy atom. The predicted molar refractivity (Wildman–Crippen MR) is 117 cm³/mol. The van der Waals surface area contributed by atoms with Gasteiger partial charge in [0.25, 0.3) is 11.5 Å². The number of thioether (sulfide) groups is 1. The number of rotatable bonds is 6. The van der Waals surface area contributed by atoms with E-state index in [0.29, 0.717) is 16.7 Å². The van der Waals surface area contributed by atoms with Gasteiger partial charge in [0.1, 0.15) is 0 Å². The van der Waals surface area contributed by atoms with Crippen LogP contribution in [0.15, 0.2) is 53.7 Å². The zero-order valence-electron chi connectivity index (χ0n) is 17.0. The Balaban J connectivity index is 1.57. The van der Waals surface area contributed by atoms with E-state index in [1.54, 1.807) is 16.6 Å². The van der Waals surface area contributed by atoms with Crippen molar-refractivity contribution in [2.45, 2.75) is 38.1 Å². The molecule has 0 aliphatic carbocycles. The number of hydrogen-bond donors (Lipinski definition) is 0. The minimum absolute atomic E-state index is 0.0890. The number of aromatic nitrogens is 4. The number of nitro benzene ring substituents is 1. The maximum atomic E-state index is 10.8. The summed E-state index contributed by atoms with van der Waals surface area (Å²) in [6.45, 7) is 6.18. The summed E-state index contributed by atoms with van der Waals surface area (Å²) in [5.74, 6) is 1.22. The van der Waals surface area contributed by atoms with E-state index in [1.165, 1.54) is 35.0 Å². The Morgan fingerprint density at radius 3 is 2.47 bits per heavy atom. The zero-order valence-corrected chi connectivity index (χ0v) is 17.8. The molecule has 0 atom stereocenters. The average molecular weight is 420 g/mol. The molecule has 0 N–H and O–H groups in total. The second-order valence-corrected chi connectivity index (χ2v) is 8.13. The standard InChI is InChI=1S/C22H21N5O2S/c1-14-6-4-5-7-18(14)12-20-15(2)23-21-24-22(25-26(21)16(20)3)30-13-17-8-10-19(11-9-17)27(28)29/h4-11H,12-13H2,1-3H3. The van der Waals surface area contributed by atoms with Gasteiger partial charge in [-0.05, 0) is 43.0 Å². The fraction of sp³-hybridized carbons (Fsp3) is 0.227. The molecule has 2 heterocycles. The summed E-state index contributed by atoms with van der Waals surface area (Å²) in [6, 6.07) is 14.9. The molecule has 0 radical (unpaired) electrons. The van der Waals surface area contributed by atoms with E-state index >= 15 is 0 Å². The van der Waals surface area contributed by atoms with Crippen molar-refractivity contribution in [3.8, 4) is 0 Å². The third-order valence-electron chi connectivity index (χ3n) is 5.17. The number of benzene rings is 2. The van der Waals surface area contributed by atoms with Crippen LogP contribution < -0.4 is 0 Å². The number of hydrogen-bond acceptors (Lipinski definition) is 6. The van der Waals surface area contributed by atoms with Gasteiger partial charge < -0.3 is 0 Å². The molecule has 152 valence electrons. The van der Waals surface area contributed by atoms with E-state index in [2.05, 4.69) is 47.1 Å². The number of non-ortho nitro benzene ring substituents is 1. The monoisotopic (exact) mass is 419 g/mol. The third kappa shape index (κ3) is 4.04. The average Bonchev–Trinajstić information content (AvgIpc) is 3.14. The maximum Gasteiger partial charge on any atom is 0.269 e. The van der Waals surface area contributed by atoms with Gasteiger partial charge in [0.05, 0.1) is 4.92 Å². The molecular weight excluding hydrogens is 398 g/mol. The maximum absolute atomic E-state index is 10.8. The molecule has 30 heavy (non-hydrogen) atoms. The molecule has 0 spiro atoms.